The molecule has 0 fully saturated rings. The molecule has 1 aliphatic rings. The molecule has 1 heterocycles. The molecule has 11 heteroatoms. The number of hydrogen-bond donors (Lipinski definition) is 2. The van der Waals surface area contributed by atoms with E-state index >= 15 is 0 Å². The summed E-state index contributed by atoms with van der Waals surface area (Å²) < 4.78 is 71.4. The van der Waals surface area contributed by atoms with Gasteiger partial charge in [0.15, 0.2) is 5.78 Å². The summed E-state index contributed by atoms with van der Waals surface area (Å²) >= 11 is 0. The van der Waals surface area contributed by atoms with Crippen LogP contribution in [0.25, 0.3) is 0 Å². The Morgan fingerprint density at radius 3 is 2.03 bits per heavy atom. The number of ketones is 1. The SMILES string of the molecule is CC(=O)C1=C(C)N(c2ccc(C(C)C)cc2)C(=O)[C@@]1(NS(=O)(=O)c1ccc(N)cc1)C(F)(F)F. The smallest absolute Gasteiger partial charge is 0.399 e. The first kappa shape index (κ1) is 25.4. The normalized spacial score (nSPS) is 19.3. The number of nitrogen functional groups attached to an aromatic ring is 1. The molecule has 0 spiro atoms. The van der Waals surface area contributed by atoms with Crippen molar-refractivity contribution >= 4 is 33.1 Å². The molecule has 2 aromatic rings. The van der Waals surface area contributed by atoms with Crippen LogP contribution in [0.15, 0.2) is 64.7 Å². The molecule has 0 saturated heterocycles. The Morgan fingerprint density at radius 1 is 1.06 bits per heavy atom. The van der Waals surface area contributed by atoms with E-state index in [1.165, 1.54) is 35.9 Å². The Kier molecular flexibility index (Phi) is 6.40. The molecule has 7 nitrogen and oxygen atoms in total. The highest BCUT2D eigenvalue weighted by Crippen LogP contribution is 2.47. The highest BCUT2D eigenvalue weighted by Gasteiger charge is 2.70. The van der Waals surface area contributed by atoms with E-state index in [9.17, 15) is 31.2 Å². The van der Waals surface area contributed by atoms with Gasteiger partial charge in [0.2, 0.25) is 15.6 Å². The average molecular weight is 496 g/mol. The Balaban J connectivity index is 2.22. The monoisotopic (exact) mass is 495 g/mol. The van der Waals surface area contributed by atoms with Crippen LogP contribution in [0.3, 0.4) is 0 Å². The van der Waals surface area contributed by atoms with Crippen molar-refractivity contribution in [3.05, 3.63) is 65.4 Å². The number of carbonyl (C=O) groups excluding carboxylic acids is 2. The van der Waals surface area contributed by atoms with Crippen molar-refractivity contribution in [1.29, 1.82) is 0 Å². The van der Waals surface area contributed by atoms with Crippen molar-refractivity contribution in [3.8, 4) is 0 Å². The number of Topliss-reactive ketones (excluding diaryl/α,β-unsaturated/α-hetero) is 1. The van der Waals surface area contributed by atoms with Crippen molar-refractivity contribution in [2.75, 3.05) is 10.6 Å². The number of benzene rings is 2. The Labute approximate surface area is 195 Å². The highest BCUT2D eigenvalue weighted by molar-refractivity contribution is 7.89. The van der Waals surface area contributed by atoms with Gasteiger partial charge in [-0.15, -0.1) is 0 Å². The number of allylic oxidation sites excluding steroid dienone is 1. The van der Waals surface area contributed by atoms with E-state index in [1.807, 2.05) is 13.8 Å². The Bertz CT molecular complexity index is 1270. The lowest BCUT2D eigenvalue weighted by Crippen LogP contribution is -2.66. The van der Waals surface area contributed by atoms with Crippen molar-refractivity contribution in [1.82, 2.24) is 4.72 Å². The Hall–Kier alpha value is -3.18. The molecule has 2 aromatic carbocycles. The van der Waals surface area contributed by atoms with Crippen LogP contribution in [0.4, 0.5) is 24.5 Å². The van der Waals surface area contributed by atoms with Gasteiger partial charge in [-0.1, -0.05) is 26.0 Å². The number of hydrogen-bond acceptors (Lipinski definition) is 5. The molecule has 0 aromatic heterocycles. The molecule has 34 heavy (non-hydrogen) atoms. The van der Waals surface area contributed by atoms with Gasteiger partial charge in [0.1, 0.15) is 0 Å². The van der Waals surface area contributed by atoms with Crippen LogP contribution >= 0.6 is 0 Å². The van der Waals surface area contributed by atoms with Crippen LogP contribution in [0.2, 0.25) is 0 Å². The van der Waals surface area contributed by atoms with Gasteiger partial charge >= 0.3 is 6.18 Å². The standard InChI is InChI=1S/C23H24F3N3O4S/c1-13(2)16-5-9-18(10-6-16)29-14(3)20(15(4)30)22(21(29)31,23(24,25)26)28-34(32,33)19-11-7-17(27)8-12-19/h5-13,28H,27H2,1-4H3/t22-/m1/s1. The van der Waals surface area contributed by atoms with Gasteiger partial charge in [-0.25, -0.2) is 8.42 Å². The summed E-state index contributed by atoms with van der Waals surface area (Å²) in [6.45, 7) is 5.89. The third-order valence-electron chi connectivity index (χ3n) is 5.67. The predicted octanol–water partition coefficient (Wildman–Crippen LogP) is 3.88. The molecule has 1 aliphatic heterocycles. The zero-order valence-corrected chi connectivity index (χ0v) is 19.7. The zero-order chi connectivity index (χ0) is 25.6. The lowest BCUT2D eigenvalue weighted by atomic mass is 9.88. The van der Waals surface area contributed by atoms with Gasteiger partial charge in [0, 0.05) is 17.1 Å². The number of nitrogens with zero attached hydrogens (tertiary/aromatic N) is 1. The van der Waals surface area contributed by atoms with Gasteiger partial charge in [-0.3, -0.25) is 14.5 Å². The molecule has 1 amide bonds. The van der Waals surface area contributed by atoms with E-state index in [4.69, 9.17) is 5.73 Å². The minimum Gasteiger partial charge on any atom is -0.399 e. The third-order valence-corrected chi connectivity index (χ3v) is 7.14. The topological polar surface area (TPSA) is 110 Å². The number of carbonyl (C=O) groups is 2. The number of nitrogens with one attached hydrogen (secondary N) is 1. The van der Waals surface area contributed by atoms with Gasteiger partial charge in [-0.05, 0) is 61.7 Å². The van der Waals surface area contributed by atoms with Gasteiger partial charge in [0.25, 0.3) is 5.91 Å². The molecule has 182 valence electrons. The van der Waals surface area contributed by atoms with E-state index in [2.05, 4.69) is 0 Å². The van der Waals surface area contributed by atoms with Crippen LogP contribution in [0, 0.1) is 0 Å². The number of alkyl halides is 3. The molecule has 0 aliphatic carbocycles. The van der Waals surface area contributed by atoms with Gasteiger partial charge < -0.3 is 5.73 Å². The fourth-order valence-corrected chi connectivity index (χ4v) is 5.29. The van der Waals surface area contributed by atoms with E-state index in [-0.39, 0.29) is 23.0 Å². The maximum Gasteiger partial charge on any atom is 0.421 e. The molecule has 1 atom stereocenters. The number of halogens is 3. The summed E-state index contributed by atoms with van der Waals surface area (Å²) in [5, 5.41) is 0. The molecule has 3 rings (SSSR count). The first-order valence-corrected chi connectivity index (χ1v) is 11.7. The summed E-state index contributed by atoms with van der Waals surface area (Å²) in [5.41, 5.74) is 1.58. The zero-order valence-electron chi connectivity index (χ0n) is 18.9. The quantitative estimate of drug-likeness (QED) is 0.591. The second kappa shape index (κ2) is 8.55. The van der Waals surface area contributed by atoms with E-state index in [0.717, 1.165) is 29.5 Å². The van der Waals surface area contributed by atoms with Crippen molar-refractivity contribution < 1.29 is 31.2 Å². The molecule has 3 N–H and O–H groups in total. The summed E-state index contributed by atoms with van der Waals surface area (Å²) in [6.07, 6.45) is -5.47. The third kappa shape index (κ3) is 4.09. The van der Waals surface area contributed by atoms with Crippen molar-refractivity contribution in [3.63, 3.8) is 0 Å². The molecule has 0 unspecified atom stereocenters. The molecule has 0 bridgehead atoms. The van der Waals surface area contributed by atoms with Crippen LogP contribution in [0.5, 0.6) is 0 Å². The molecule has 0 saturated carbocycles. The lowest BCUT2D eigenvalue weighted by molar-refractivity contribution is -0.183. The maximum atomic E-state index is 14.6. The molecular formula is C23H24F3N3O4S. The first-order valence-electron chi connectivity index (χ1n) is 10.3. The van der Waals surface area contributed by atoms with Gasteiger partial charge in [0.05, 0.1) is 10.5 Å². The number of sulfonamides is 1. The summed E-state index contributed by atoms with van der Waals surface area (Å²) in [4.78, 5) is 26.1. The lowest BCUT2D eigenvalue weighted by Gasteiger charge is -2.33. The van der Waals surface area contributed by atoms with Crippen LogP contribution in [-0.4, -0.2) is 31.8 Å². The molecular weight excluding hydrogens is 471 g/mol. The van der Waals surface area contributed by atoms with Crippen LogP contribution in [0.1, 0.15) is 39.2 Å². The minimum absolute atomic E-state index is 0.0726. The first-order chi connectivity index (χ1) is 15.6. The summed E-state index contributed by atoms with van der Waals surface area (Å²) in [5.74, 6) is -2.60. The van der Waals surface area contributed by atoms with E-state index < -0.39 is 43.9 Å². The number of nitrogens with two attached hydrogens (primary N) is 1. The second-order valence-corrected chi connectivity index (χ2v) is 10.0. The Morgan fingerprint density at radius 2 is 1.59 bits per heavy atom. The van der Waals surface area contributed by atoms with E-state index in [1.54, 1.807) is 12.1 Å². The maximum absolute atomic E-state index is 14.6. The van der Waals surface area contributed by atoms with Crippen molar-refractivity contribution in [2.24, 2.45) is 0 Å². The fourth-order valence-electron chi connectivity index (χ4n) is 3.97. The average Bonchev–Trinajstić information content (AvgIpc) is 2.95. The predicted molar refractivity (Wildman–Crippen MR) is 121 cm³/mol. The van der Waals surface area contributed by atoms with Crippen LogP contribution in [-0.2, 0) is 19.6 Å². The molecule has 0 radical (unpaired) electrons. The summed E-state index contributed by atoms with van der Waals surface area (Å²) in [6, 6.07) is 10.6. The number of rotatable bonds is 6. The van der Waals surface area contributed by atoms with Crippen molar-refractivity contribution in [2.45, 2.75) is 50.2 Å². The fraction of sp³-hybridized carbons (Fsp3) is 0.304. The second-order valence-electron chi connectivity index (χ2n) is 8.33. The highest BCUT2D eigenvalue weighted by atomic mass is 32.2. The van der Waals surface area contributed by atoms with Crippen LogP contribution < -0.4 is 15.4 Å². The largest absolute Gasteiger partial charge is 0.421 e. The number of anilines is 2. The minimum atomic E-state index is -5.47. The number of amides is 1. The van der Waals surface area contributed by atoms with E-state index in [0.29, 0.717) is 0 Å². The van der Waals surface area contributed by atoms with Gasteiger partial charge in [-0.2, -0.15) is 17.9 Å². The summed E-state index contributed by atoms with van der Waals surface area (Å²) in [7, 11) is -4.91.